The summed E-state index contributed by atoms with van der Waals surface area (Å²) in [6.07, 6.45) is 1.86. The lowest BCUT2D eigenvalue weighted by molar-refractivity contribution is -0.138. The second-order valence-corrected chi connectivity index (χ2v) is 6.73. The van der Waals surface area contributed by atoms with Gasteiger partial charge in [0.15, 0.2) is 0 Å². The van der Waals surface area contributed by atoms with Gasteiger partial charge in [-0.2, -0.15) is 0 Å². The Morgan fingerprint density at radius 1 is 1.12 bits per heavy atom. The van der Waals surface area contributed by atoms with Gasteiger partial charge in [0, 0.05) is 0 Å². The van der Waals surface area contributed by atoms with Gasteiger partial charge in [0.1, 0.15) is 0 Å². The second kappa shape index (κ2) is 11.9. The topological polar surface area (TPSA) is 69.6 Å². The average molecular weight is 371 g/mol. The maximum Gasteiger partial charge on any atom is 0.317 e. The Bertz CT molecular complexity index is 532. The highest BCUT2D eigenvalue weighted by Crippen LogP contribution is 2.15. The van der Waals surface area contributed by atoms with Gasteiger partial charge in [-0.05, 0) is 43.4 Å². The molecule has 0 aliphatic heterocycles. The van der Waals surface area contributed by atoms with Crippen molar-refractivity contribution in [2.75, 3.05) is 19.6 Å². The molecule has 5 nitrogen and oxygen atoms in total. The minimum absolute atomic E-state index is 0. The number of carboxylic acids is 1. The van der Waals surface area contributed by atoms with E-state index < -0.39 is 5.97 Å². The van der Waals surface area contributed by atoms with Crippen molar-refractivity contribution in [3.8, 4) is 0 Å². The normalized spacial score (nSPS) is 11.9. The van der Waals surface area contributed by atoms with E-state index in [4.69, 9.17) is 5.11 Å². The predicted octanol–water partition coefficient (Wildman–Crippen LogP) is 3.28. The van der Waals surface area contributed by atoms with Gasteiger partial charge in [0.05, 0.1) is 19.1 Å². The number of rotatable bonds is 10. The van der Waals surface area contributed by atoms with Crippen LogP contribution in [0.4, 0.5) is 0 Å². The lowest BCUT2D eigenvalue weighted by Gasteiger charge is -2.21. The Morgan fingerprint density at radius 3 is 2.20 bits per heavy atom. The quantitative estimate of drug-likeness (QED) is 0.663. The third kappa shape index (κ3) is 9.46. The van der Waals surface area contributed by atoms with Crippen molar-refractivity contribution < 1.29 is 14.7 Å². The summed E-state index contributed by atoms with van der Waals surface area (Å²) >= 11 is 0. The molecule has 0 radical (unpaired) electrons. The molecule has 0 spiro atoms. The van der Waals surface area contributed by atoms with E-state index in [2.05, 4.69) is 31.3 Å². The fourth-order valence-electron chi connectivity index (χ4n) is 2.71. The SMILES string of the molecule is CCCN(CC(=O)O)CC(=O)NC(C)c1ccc(CC(C)C)cc1.Cl. The Hall–Kier alpha value is -1.59. The summed E-state index contributed by atoms with van der Waals surface area (Å²) in [6.45, 7) is 8.88. The number of benzene rings is 1. The number of carbonyl (C=O) groups excluding carboxylic acids is 1. The van der Waals surface area contributed by atoms with Crippen LogP contribution in [-0.4, -0.2) is 41.5 Å². The highest BCUT2D eigenvalue weighted by Gasteiger charge is 2.15. The Morgan fingerprint density at radius 2 is 1.72 bits per heavy atom. The summed E-state index contributed by atoms with van der Waals surface area (Å²) in [4.78, 5) is 24.7. The number of nitrogens with one attached hydrogen (secondary N) is 1. The van der Waals surface area contributed by atoms with Crippen molar-refractivity contribution >= 4 is 24.3 Å². The van der Waals surface area contributed by atoms with Crippen LogP contribution in [0.1, 0.15) is 51.3 Å². The molecule has 0 heterocycles. The summed E-state index contributed by atoms with van der Waals surface area (Å²) in [7, 11) is 0. The molecule has 0 saturated heterocycles. The highest BCUT2D eigenvalue weighted by molar-refractivity contribution is 5.85. The van der Waals surface area contributed by atoms with E-state index in [0.717, 1.165) is 18.4 Å². The van der Waals surface area contributed by atoms with Crippen molar-refractivity contribution in [1.29, 1.82) is 0 Å². The summed E-state index contributed by atoms with van der Waals surface area (Å²) in [5.41, 5.74) is 2.35. The molecule has 0 saturated carbocycles. The van der Waals surface area contributed by atoms with Crippen LogP contribution in [-0.2, 0) is 16.0 Å². The molecule has 1 amide bonds. The Balaban J connectivity index is 0.00000576. The van der Waals surface area contributed by atoms with Gasteiger partial charge >= 0.3 is 5.97 Å². The van der Waals surface area contributed by atoms with Gasteiger partial charge in [-0.3, -0.25) is 14.5 Å². The molecule has 2 N–H and O–H groups in total. The first-order chi connectivity index (χ1) is 11.3. The zero-order valence-corrected chi connectivity index (χ0v) is 16.4. The first-order valence-electron chi connectivity index (χ1n) is 8.64. The van der Waals surface area contributed by atoms with E-state index in [1.54, 1.807) is 4.90 Å². The van der Waals surface area contributed by atoms with Crippen molar-refractivity contribution in [2.24, 2.45) is 5.92 Å². The van der Waals surface area contributed by atoms with Crippen LogP contribution >= 0.6 is 12.4 Å². The average Bonchev–Trinajstić information content (AvgIpc) is 2.46. The van der Waals surface area contributed by atoms with E-state index >= 15 is 0 Å². The van der Waals surface area contributed by atoms with Crippen LogP contribution in [0.2, 0.25) is 0 Å². The molecular weight excluding hydrogens is 340 g/mol. The number of aliphatic carboxylic acids is 1. The number of carbonyl (C=O) groups is 2. The second-order valence-electron chi connectivity index (χ2n) is 6.73. The maximum atomic E-state index is 12.2. The maximum absolute atomic E-state index is 12.2. The van der Waals surface area contributed by atoms with Gasteiger partial charge in [-0.25, -0.2) is 0 Å². The number of hydrogen-bond acceptors (Lipinski definition) is 3. The van der Waals surface area contributed by atoms with E-state index in [1.165, 1.54) is 5.56 Å². The van der Waals surface area contributed by atoms with Crippen LogP contribution in [0, 0.1) is 5.92 Å². The summed E-state index contributed by atoms with van der Waals surface area (Å²) in [5.74, 6) is -0.444. The number of hydrogen-bond donors (Lipinski definition) is 2. The van der Waals surface area contributed by atoms with Crippen LogP contribution in [0.5, 0.6) is 0 Å². The van der Waals surface area contributed by atoms with Crippen molar-refractivity contribution in [2.45, 2.75) is 46.6 Å². The van der Waals surface area contributed by atoms with Gasteiger partial charge in [0.25, 0.3) is 0 Å². The van der Waals surface area contributed by atoms with Crippen molar-refractivity contribution in [3.63, 3.8) is 0 Å². The molecule has 1 unspecified atom stereocenters. The molecule has 25 heavy (non-hydrogen) atoms. The van der Waals surface area contributed by atoms with E-state index in [1.807, 2.05) is 26.0 Å². The fourth-order valence-corrected chi connectivity index (χ4v) is 2.71. The standard InChI is InChI=1S/C19H30N2O3.ClH/c1-5-10-21(13-19(23)24)12-18(22)20-15(4)17-8-6-16(7-9-17)11-14(2)3;/h6-9,14-15H,5,10-13H2,1-4H3,(H,20,22)(H,23,24);1H. The first-order valence-corrected chi connectivity index (χ1v) is 8.64. The first kappa shape index (κ1) is 23.4. The fraction of sp³-hybridized carbons (Fsp3) is 0.579. The van der Waals surface area contributed by atoms with Gasteiger partial charge in [-0.15, -0.1) is 12.4 Å². The van der Waals surface area contributed by atoms with Crippen LogP contribution in [0.15, 0.2) is 24.3 Å². The lowest BCUT2D eigenvalue weighted by Crippen LogP contribution is -2.40. The van der Waals surface area contributed by atoms with Crippen LogP contribution in [0.25, 0.3) is 0 Å². The van der Waals surface area contributed by atoms with Gasteiger partial charge < -0.3 is 10.4 Å². The molecule has 6 heteroatoms. The Kier molecular flexibility index (Phi) is 11.1. The number of nitrogens with zero attached hydrogens (tertiary/aromatic N) is 1. The molecular formula is C19H31ClN2O3. The molecule has 1 aromatic rings. The van der Waals surface area contributed by atoms with Crippen molar-refractivity contribution in [1.82, 2.24) is 10.2 Å². The summed E-state index contributed by atoms with van der Waals surface area (Å²) in [6, 6.07) is 8.20. The number of amides is 1. The van der Waals surface area contributed by atoms with E-state index in [-0.39, 0.29) is 37.4 Å². The van der Waals surface area contributed by atoms with Gasteiger partial charge in [0.2, 0.25) is 5.91 Å². The third-order valence-electron chi connectivity index (χ3n) is 3.77. The molecule has 142 valence electrons. The van der Waals surface area contributed by atoms with Gasteiger partial charge in [-0.1, -0.05) is 45.0 Å². The third-order valence-corrected chi connectivity index (χ3v) is 3.77. The highest BCUT2D eigenvalue weighted by atomic mass is 35.5. The summed E-state index contributed by atoms with van der Waals surface area (Å²) in [5, 5.41) is 11.8. The largest absolute Gasteiger partial charge is 0.480 e. The smallest absolute Gasteiger partial charge is 0.317 e. The number of carboxylic acid groups (broad SMARTS) is 1. The molecule has 0 fully saturated rings. The van der Waals surface area contributed by atoms with E-state index in [0.29, 0.717) is 12.5 Å². The van der Waals surface area contributed by atoms with Crippen molar-refractivity contribution in [3.05, 3.63) is 35.4 Å². The molecule has 0 bridgehead atoms. The molecule has 0 aliphatic carbocycles. The zero-order chi connectivity index (χ0) is 18.1. The minimum atomic E-state index is -0.912. The molecule has 1 atom stereocenters. The zero-order valence-electron chi connectivity index (χ0n) is 15.6. The molecule has 0 aliphatic rings. The predicted molar refractivity (Wildman–Crippen MR) is 103 cm³/mol. The Labute approximate surface area is 157 Å². The summed E-state index contributed by atoms with van der Waals surface area (Å²) < 4.78 is 0. The minimum Gasteiger partial charge on any atom is -0.480 e. The molecule has 1 rings (SSSR count). The van der Waals surface area contributed by atoms with Crippen LogP contribution in [0.3, 0.4) is 0 Å². The van der Waals surface area contributed by atoms with Crippen LogP contribution < -0.4 is 5.32 Å². The molecule has 0 aromatic heterocycles. The monoisotopic (exact) mass is 370 g/mol. The number of halogens is 1. The van der Waals surface area contributed by atoms with E-state index in [9.17, 15) is 9.59 Å². The molecule has 1 aromatic carbocycles. The lowest BCUT2D eigenvalue weighted by atomic mass is 10.00.